The number of hydrogen-bond acceptors (Lipinski definition) is 2. The lowest BCUT2D eigenvalue weighted by Gasteiger charge is -2.09. The van der Waals surface area contributed by atoms with Gasteiger partial charge >= 0.3 is 0 Å². The van der Waals surface area contributed by atoms with Gasteiger partial charge in [-0.1, -0.05) is 12.5 Å². The van der Waals surface area contributed by atoms with Crippen LogP contribution in [0, 0.1) is 6.92 Å². The van der Waals surface area contributed by atoms with E-state index in [1.54, 1.807) is 0 Å². The average Bonchev–Trinajstić information content (AvgIpc) is 2.74. The van der Waals surface area contributed by atoms with Crippen molar-refractivity contribution in [2.45, 2.75) is 52.5 Å². The van der Waals surface area contributed by atoms with Crippen molar-refractivity contribution in [3.05, 3.63) is 46.8 Å². The van der Waals surface area contributed by atoms with Gasteiger partial charge in [0, 0.05) is 17.9 Å². The van der Waals surface area contributed by atoms with E-state index in [2.05, 4.69) is 22.5 Å². The van der Waals surface area contributed by atoms with Gasteiger partial charge in [0.15, 0.2) is 5.69 Å². The monoisotopic (exact) mass is 297 g/mol. The molecule has 0 bridgehead atoms. The summed E-state index contributed by atoms with van der Waals surface area (Å²) in [5.41, 5.74) is 5.17. The molecule has 1 aromatic carbocycles. The summed E-state index contributed by atoms with van der Waals surface area (Å²) in [6.07, 6.45) is 6.08. The number of anilines is 1. The van der Waals surface area contributed by atoms with Gasteiger partial charge in [0.05, 0.1) is 0 Å². The molecule has 1 amide bonds. The second-order valence-corrected chi connectivity index (χ2v) is 5.98. The fraction of sp³-hybridized carbons (Fsp3) is 0.444. The third kappa shape index (κ3) is 3.06. The highest BCUT2D eigenvalue weighted by Gasteiger charge is 2.13. The van der Waals surface area contributed by atoms with Crippen LogP contribution in [-0.2, 0) is 19.4 Å². The molecule has 1 aromatic heterocycles. The van der Waals surface area contributed by atoms with Crippen molar-refractivity contribution in [3.8, 4) is 0 Å². The number of fused-ring (bicyclic) bond motifs is 1. The lowest BCUT2D eigenvalue weighted by atomic mass is 10.0. The Bertz CT molecular complexity index is 688. The molecule has 1 aliphatic carbocycles. The zero-order valence-electron chi connectivity index (χ0n) is 13.4. The lowest BCUT2D eigenvalue weighted by molar-refractivity contribution is 0.102. The summed E-state index contributed by atoms with van der Waals surface area (Å²) in [7, 11) is 0. The maximum atomic E-state index is 12.3. The second kappa shape index (κ2) is 6.34. The number of hydrogen-bond donors (Lipinski definition) is 1. The molecular formula is C18H23N3O. The Hall–Kier alpha value is -2.10. The van der Waals surface area contributed by atoms with Gasteiger partial charge < -0.3 is 5.32 Å². The molecule has 3 rings (SSSR count). The Balaban J connectivity index is 1.77. The summed E-state index contributed by atoms with van der Waals surface area (Å²) < 4.78 is 1.84. The Morgan fingerprint density at radius 2 is 1.95 bits per heavy atom. The fourth-order valence-corrected chi connectivity index (χ4v) is 3.12. The van der Waals surface area contributed by atoms with E-state index in [0.29, 0.717) is 5.69 Å². The molecule has 4 nitrogen and oxygen atoms in total. The van der Waals surface area contributed by atoms with E-state index >= 15 is 0 Å². The summed E-state index contributed by atoms with van der Waals surface area (Å²) in [5, 5.41) is 7.31. The summed E-state index contributed by atoms with van der Waals surface area (Å²) in [6.45, 7) is 4.77. The van der Waals surface area contributed by atoms with E-state index in [1.165, 1.54) is 30.4 Å². The van der Waals surface area contributed by atoms with Crippen molar-refractivity contribution < 1.29 is 4.79 Å². The highest BCUT2D eigenvalue weighted by molar-refractivity contribution is 6.03. The number of carbonyl (C=O) groups is 1. The molecule has 1 heterocycles. The Labute approximate surface area is 131 Å². The summed E-state index contributed by atoms with van der Waals surface area (Å²) in [5.74, 6) is -0.135. The summed E-state index contributed by atoms with van der Waals surface area (Å²) >= 11 is 0. The smallest absolute Gasteiger partial charge is 0.276 e. The van der Waals surface area contributed by atoms with Crippen LogP contribution in [0.15, 0.2) is 24.3 Å². The molecule has 1 N–H and O–H groups in total. The third-order valence-electron chi connectivity index (χ3n) is 4.37. The first kappa shape index (κ1) is 14.8. The molecule has 116 valence electrons. The molecule has 0 atom stereocenters. The molecule has 0 unspecified atom stereocenters. The SMILES string of the molecule is CCn1nc(C(=O)Nc2ccc3c(c2)CCCCC3)cc1C. The molecule has 0 aliphatic heterocycles. The van der Waals surface area contributed by atoms with Gasteiger partial charge in [0.1, 0.15) is 0 Å². The van der Waals surface area contributed by atoms with Crippen molar-refractivity contribution in [1.82, 2.24) is 9.78 Å². The van der Waals surface area contributed by atoms with E-state index in [1.807, 2.05) is 30.7 Å². The first-order valence-electron chi connectivity index (χ1n) is 8.15. The first-order chi connectivity index (χ1) is 10.7. The average molecular weight is 297 g/mol. The van der Waals surface area contributed by atoms with Crippen molar-refractivity contribution in [2.75, 3.05) is 5.32 Å². The molecule has 0 saturated heterocycles. The molecule has 0 fully saturated rings. The van der Waals surface area contributed by atoms with Gasteiger partial charge in [0.25, 0.3) is 5.91 Å². The van der Waals surface area contributed by atoms with E-state index in [-0.39, 0.29) is 5.91 Å². The van der Waals surface area contributed by atoms with Crippen LogP contribution in [0.2, 0.25) is 0 Å². The van der Waals surface area contributed by atoms with Crippen molar-refractivity contribution in [1.29, 1.82) is 0 Å². The van der Waals surface area contributed by atoms with E-state index < -0.39 is 0 Å². The maximum Gasteiger partial charge on any atom is 0.276 e. The van der Waals surface area contributed by atoms with Crippen LogP contribution in [0.3, 0.4) is 0 Å². The quantitative estimate of drug-likeness (QED) is 0.877. The number of nitrogens with one attached hydrogen (secondary N) is 1. The van der Waals surface area contributed by atoms with Crippen LogP contribution in [0.5, 0.6) is 0 Å². The van der Waals surface area contributed by atoms with E-state index in [4.69, 9.17) is 0 Å². The van der Waals surface area contributed by atoms with Crippen LogP contribution in [0.4, 0.5) is 5.69 Å². The first-order valence-corrected chi connectivity index (χ1v) is 8.15. The predicted octanol–water partition coefficient (Wildman–Crippen LogP) is 3.73. The van der Waals surface area contributed by atoms with Crippen LogP contribution >= 0.6 is 0 Å². The molecule has 2 aromatic rings. The van der Waals surface area contributed by atoms with Gasteiger partial charge in [-0.15, -0.1) is 0 Å². The van der Waals surface area contributed by atoms with E-state index in [9.17, 15) is 4.79 Å². The van der Waals surface area contributed by atoms with Crippen LogP contribution in [0.25, 0.3) is 0 Å². The van der Waals surface area contributed by atoms with Gasteiger partial charge in [-0.25, -0.2) is 0 Å². The molecule has 4 heteroatoms. The maximum absolute atomic E-state index is 12.3. The molecule has 1 aliphatic rings. The van der Waals surface area contributed by atoms with Crippen molar-refractivity contribution >= 4 is 11.6 Å². The Morgan fingerprint density at radius 3 is 2.68 bits per heavy atom. The number of benzene rings is 1. The van der Waals surface area contributed by atoms with Gasteiger partial charge in [0.2, 0.25) is 0 Å². The van der Waals surface area contributed by atoms with Gasteiger partial charge in [-0.2, -0.15) is 5.10 Å². The Kier molecular flexibility index (Phi) is 4.27. The lowest BCUT2D eigenvalue weighted by Crippen LogP contribution is -2.13. The predicted molar refractivity (Wildman–Crippen MR) is 88.3 cm³/mol. The van der Waals surface area contributed by atoms with E-state index in [0.717, 1.165) is 30.8 Å². The Morgan fingerprint density at radius 1 is 1.18 bits per heavy atom. The molecule has 0 radical (unpaired) electrons. The summed E-state index contributed by atoms with van der Waals surface area (Å²) in [4.78, 5) is 12.3. The van der Waals surface area contributed by atoms with Gasteiger partial charge in [-0.05, 0) is 68.9 Å². The number of amides is 1. The largest absolute Gasteiger partial charge is 0.321 e. The van der Waals surface area contributed by atoms with Crippen LogP contribution in [0.1, 0.15) is 53.5 Å². The number of aromatic nitrogens is 2. The number of rotatable bonds is 3. The minimum Gasteiger partial charge on any atom is -0.321 e. The zero-order valence-corrected chi connectivity index (χ0v) is 13.4. The second-order valence-electron chi connectivity index (χ2n) is 5.98. The molecule has 0 spiro atoms. The molecular weight excluding hydrogens is 274 g/mol. The highest BCUT2D eigenvalue weighted by atomic mass is 16.1. The number of aryl methyl sites for hydroxylation is 4. The number of nitrogens with zero attached hydrogens (tertiary/aromatic N) is 2. The minimum atomic E-state index is -0.135. The fourth-order valence-electron chi connectivity index (χ4n) is 3.12. The van der Waals surface area contributed by atoms with Crippen molar-refractivity contribution in [2.24, 2.45) is 0 Å². The van der Waals surface area contributed by atoms with Crippen LogP contribution < -0.4 is 5.32 Å². The van der Waals surface area contributed by atoms with Crippen molar-refractivity contribution in [3.63, 3.8) is 0 Å². The standard InChI is InChI=1S/C18H23N3O/c1-3-21-13(2)11-17(20-21)18(22)19-16-10-9-14-7-5-4-6-8-15(14)12-16/h9-12H,3-8H2,1-2H3,(H,19,22). The summed E-state index contributed by atoms with van der Waals surface area (Å²) in [6, 6.07) is 8.13. The molecule has 22 heavy (non-hydrogen) atoms. The topological polar surface area (TPSA) is 46.9 Å². The molecule has 0 saturated carbocycles. The van der Waals surface area contributed by atoms with Gasteiger partial charge in [-0.3, -0.25) is 9.48 Å². The third-order valence-corrected chi connectivity index (χ3v) is 4.37. The zero-order chi connectivity index (χ0) is 15.5. The highest BCUT2D eigenvalue weighted by Crippen LogP contribution is 2.24. The van der Waals surface area contributed by atoms with Crippen LogP contribution in [-0.4, -0.2) is 15.7 Å². The normalized spacial score (nSPS) is 14.3. The minimum absolute atomic E-state index is 0.135. The number of carbonyl (C=O) groups excluding carboxylic acids is 1.